The number of hydrogen-bond acceptors (Lipinski definition) is 4. The predicted molar refractivity (Wildman–Crippen MR) is 57.3 cm³/mol. The highest BCUT2D eigenvalue weighted by atomic mass is 19.1. The van der Waals surface area contributed by atoms with Gasteiger partial charge in [0.25, 0.3) is 0 Å². The summed E-state index contributed by atoms with van der Waals surface area (Å²) >= 11 is 0. The SMILES string of the molecule is CCOC(=O)c1cnn(-c2cccc(F)c2)n1. The maximum Gasteiger partial charge on any atom is 0.360 e. The van der Waals surface area contributed by atoms with E-state index in [1.54, 1.807) is 13.0 Å². The molecule has 0 spiro atoms. The lowest BCUT2D eigenvalue weighted by Crippen LogP contribution is -2.06. The molecule has 0 aliphatic rings. The van der Waals surface area contributed by atoms with Crippen LogP contribution in [0.1, 0.15) is 17.4 Å². The number of hydrogen-bond donors (Lipinski definition) is 0. The number of carbonyl (C=O) groups is 1. The Hall–Kier alpha value is -2.24. The van der Waals surface area contributed by atoms with Crippen LogP contribution in [0.2, 0.25) is 0 Å². The van der Waals surface area contributed by atoms with Gasteiger partial charge < -0.3 is 4.74 Å². The number of carbonyl (C=O) groups excluding carboxylic acids is 1. The molecular weight excluding hydrogens is 225 g/mol. The fourth-order valence-electron chi connectivity index (χ4n) is 1.29. The fraction of sp³-hybridized carbons (Fsp3) is 0.182. The molecule has 88 valence electrons. The topological polar surface area (TPSA) is 57.0 Å². The molecule has 2 rings (SSSR count). The molecule has 0 unspecified atom stereocenters. The number of halogens is 1. The van der Waals surface area contributed by atoms with Crippen molar-refractivity contribution < 1.29 is 13.9 Å². The Kier molecular flexibility index (Phi) is 3.13. The number of nitrogens with zero attached hydrogens (tertiary/aromatic N) is 3. The molecule has 0 aliphatic carbocycles. The molecule has 6 heteroatoms. The van der Waals surface area contributed by atoms with Gasteiger partial charge in [0.2, 0.25) is 0 Å². The highest BCUT2D eigenvalue weighted by molar-refractivity contribution is 5.86. The smallest absolute Gasteiger partial charge is 0.360 e. The summed E-state index contributed by atoms with van der Waals surface area (Å²) in [6.07, 6.45) is 1.28. The molecule has 0 saturated heterocycles. The number of benzene rings is 1. The predicted octanol–water partition coefficient (Wildman–Crippen LogP) is 1.58. The van der Waals surface area contributed by atoms with Crippen molar-refractivity contribution in [2.45, 2.75) is 6.92 Å². The van der Waals surface area contributed by atoms with Crippen molar-refractivity contribution in [3.63, 3.8) is 0 Å². The maximum absolute atomic E-state index is 13.0. The minimum atomic E-state index is -0.546. The summed E-state index contributed by atoms with van der Waals surface area (Å²) in [7, 11) is 0. The summed E-state index contributed by atoms with van der Waals surface area (Å²) in [5, 5.41) is 7.77. The number of ether oxygens (including phenoxy) is 1. The lowest BCUT2D eigenvalue weighted by molar-refractivity contribution is 0.0519. The van der Waals surface area contributed by atoms with Crippen molar-refractivity contribution in [2.75, 3.05) is 6.61 Å². The van der Waals surface area contributed by atoms with Gasteiger partial charge in [0.1, 0.15) is 5.82 Å². The Morgan fingerprint density at radius 1 is 1.53 bits per heavy atom. The zero-order chi connectivity index (χ0) is 12.3. The largest absolute Gasteiger partial charge is 0.461 e. The van der Waals surface area contributed by atoms with Crippen molar-refractivity contribution >= 4 is 5.97 Å². The van der Waals surface area contributed by atoms with Gasteiger partial charge in [-0.2, -0.15) is 9.90 Å². The zero-order valence-corrected chi connectivity index (χ0v) is 9.13. The van der Waals surface area contributed by atoms with Crippen LogP contribution in [-0.2, 0) is 4.74 Å². The number of esters is 1. The highest BCUT2D eigenvalue weighted by Gasteiger charge is 2.12. The van der Waals surface area contributed by atoms with E-state index in [1.807, 2.05) is 0 Å². The first-order chi connectivity index (χ1) is 8.20. The third-order valence-electron chi connectivity index (χ3n) is 2.02. The van der Waals surface area contributed by atoms with Crippen molar-refractivity contribution in [1.29, 1.82) is 0 Å². The van der Waals surface area contributed by atoms with Gasteiger partial charge in [-0.15, -0.1) is 5.10 Å². The average Bonchev–Trinajstić information content (AvgIpc) is 2.78. The molecule has 1 aromatic heterocycles. The van der Waals surface area contributed by atoms with Gasteiger partial charge >= 0.3 is 5.97 Å². The van der Waals surface area contributed by atoms with Crippen LogP contribution in [0.15, 0.2) is 30.5 Å². The molecule has 0 N–H and O–H groups in total. The van der Waals surface area contributed by atoms with Crippen LogP contribution in [0.5, 0.6) is 0 Å². The van der Waals surface area contributed by atoms with Crippen LogP contribution in [-0.4, -0.2) is 27.6 Å². The number of aromatic nitrogens is 3. The van der Waals surface area contributed by atoms with E-state index in [0.717, 1.165) is 0 Å². The molecular formula is C11H10FN3O2. The van der Waals surface area contributed by atoms with Crippen LogP contribution in [0.3, 0.4) is 0 Å². The normalized spacial score (nSPS) is 10.2. The van der Waals surface area contributed by atoms with Crippen LogP contribution in [0.25, 0.3) is 5.69 Å². The highest BCUT2D eigenvalue weighted by Crippen LogP contribution is 2.08. The Bertz CT molecular complexity index is 539. The van der Waals surface area contributed by atoms with Gasteiger partial charge in [-0.25, -0.2) is 9.18 Å². The molecule has 0 fully saturated rings. The Morgan fingerprint density at radius 3 is 3.06 bits per heavy atom. The summed E-state index contributed by atoms with van der Waals surface area (Å²) in [5.74, 6) is -0.937. The zero-order valence-electron chi connectivity index (χ0n) is 9.13. The van der Waals surface area contributed by atoms with E-state index < -0.39 is 11.8 Å². The Labute approximate surface area is 96.8 Å². The molecule has 1 heterocycles. The van der Waals surface area contributed by atoms with Gasteiger partial charge in [-0.1, -0.05) is 6.07 Å². The Morgan fingerprint density at radius 2 is 2.35 bits per heavy atom. The van der Waals surface area contributed by atoms with E-state index in [2.05, 4.69) is 10.2 Å². The van der Waals surface area contributed by atoms with Gasteiger partial charge in [0, 0.05) is 6.07 Å². The van der Waals surface area contributed by atoms with E-state index in [-0.39, 0.29) is 12.3 Å². The van der Waals surface area contributed by atoms with Crippen molar-refractivity contribution in [3.8, 4) is 5.69 Å². The van der Waals surface area contributed by atoms with Crippen LogP contribution < -0.4 is 0 Å². The lowest BCUT2D eigenvalue weighted by Gasteiger charge is -1.99. The quantitative estimate of drug-likeness (QED) is 0.758. The summed E-state index contributed by atoms with van der Waals surface area (Å²) in [4.78, 5) is 12.5. The third-order valence-corrected chi connectivity index (χ3v) is 2.02. The second-order valence-electron chi connectivity index (χ2n) is 3.22. The van der Waals surface area contributed by atoms with Crippen molar-refractivity contribution in [3.05, 3.63) is 42.0 Å². The summed E-state index contributed by atoms with van der Waals surface area (Å²) in [5.41, 5.74) is 0.539. The van der Waals surface area contributed by atoms with E-state index in [9.17, 15) is 9.18 Å². The van der Waals surface area contributed by atoms with Gasteiger partial charge in [-0.3, -0.25) is 0 Å². The van der Waals surface area contributed by atoms with E-state index in [4.69, 9.17) is 4.74 Å². The standard InChI is InChI=1S/C11H10FN3O2/c1-2-17-11(16)10-7-13-15(14-10)9-5-3-4-8(12)6-9/h3-7H,2H2,1H3. The first-order valence-electron chi connectivity index (χ1n) is 5.06. The first kappa shape index (κ1) is 11.3. The minimum absolute atomic E-state index is 0.0936. The van der Waals surface area contributed by atoms with Gasteiger partial charge in [0.15, 0.2) is 5.69 Å². The van der Waals surface area contributed by atoms with Crippen molar-refractivity contribution in [1.82, 2.24) is 15.0 Å². The van der Waals surface area contributed by atoms with Crippen LogP contribution in [0, 0.1) is 5.82 Å². The molecule has 0 amide bonds. The molecule has 0 saturated carbocycles. The van der Waals surface area contributed by atoms with Gasteiger partial charge in [-0.05, 0) is 19.1 Å². The van der Waals surface area contributed by atoms with Crippen LogP contribution in [0.4, 0.5) is 4.39 Å². The maximum atomic E-state index is 13.0. The van der Waals surface area contributed by atoms with E-state index >= 15 is 0 Å². The monoisotopic (exact) mass is 235 g/mol. The molecule has 5 nitrogen and oxygen atoms in total. The minimum Gasteiger partial charge on any atom is -0.461 e. The summed E-state index contributed by atoms with van der Waals surface area (Å²) in [6.45, 7) is 1.97. The molecule has 0 radical (unpaired) electrons. The molecule has 2 aromatic rings. The molecule has 0 aliphatic heterocycles. The van der Waals surface area contributed by atoms with Crippen molar-refractivity contribution in [2.24, 2.45) is 0 Å². The fourth-order valence-corrected chi connectivity index (χ4v) is 1.29. The molecule has 17 heavy (non-hydrogen) atoms. The third kappa shape index (κ3) is 2.47. The van der Waals surface area contributed by atoms with E-state index in [1.165, 1.54) is 29.2 Å². The van der Waals surface area contributed by atoms with Crippen LogP contribution >= 0.6 is 0 Å². The summed E-state index contributed by atoms with van der Waals surface area (Å²) < 4.78 is 17.8. The lowest BCUT2D eigenvalue weighted by atomic mass is 10.3. The second-order valence-corrected chi connectivity index (χ2v) is 3.22. The number of rotatable bonds is 3. The molecule has 0 bridgehead atoms. The molecule has 1 aromatic carbocycles. The second kappa shape index (κ2) is 4.73. The first-order valence-corrected chi connectivity index (χ1v) is 5.06. The molecule has 0 atom stereocenters. The van der Waals surface area contributed by atoms with E-state index in [0.29, 0.717) is 5.69 Å². The average molecular weight is 235 g/mol. The Balaban J connectivity index is 2.27. The van der Waals surface area contributed by atoms with Gasteiger partial charge in [0.05, 0.1) is 18.5 Å². The summed E-state index contributed by atoms with van der Waals surface area (Å²) in [6, 6.07) is 5.77.